The lowest BCUT2D eigenvalue weighted by Crippen LogP contribution is -2.53. The van der Waals surface area contributed by atoms with E-state index in [1.807, 2.05) is 6.92 Å². The summed E-state index contributed by atoms with van der Waals surface area (Å²) in [5.41, 5.74) is 0.618. The lowest BCUT2D eigenvalue weighted by Gasteiger charge is -2.36. The van der Waals surface area contributed by atoms with Crippen LogP contribution in [0.5, 0.6) is 11.5 Å². The first-order chi connectivity index (χ1) is 14.0. The van der Waals surface area contributed by atoms with Gasteiger partial charge in [0.25, 0.3) is 11.8 Å². The van der Waals surface area contributed by atoms with E-state index >= 15 is 0 Å². The van der Waals surface area contributed by atoms with Crippen LogP contribution in [0.4, 0.5) is 0 Å². The van der Waals surface area contributed by atoms with Gasteiger partial charge in [-0.25, -0.2) is 0 Å². The molecule has 0 aromatic heterocycles. The van der Waals surface area contributed by atoms with Crippen molar-refractivity contribution in [1.82, 2.24) is 9.80 Å². The lowest BCUT2D eigenvalue weighted by molar-refractivity contribution is -0.139. The Balaban J connectivity index is 1.51. The summed E-state index contributed by atoms with van der Waals surface area (Å²) in [5, 5.41) is 0.615. The highest BCUT2D eigenvalue weighted by Crippen LogP contribution is 2.18. The van der Waals surface area contributed by atoms with Crippen LogP contribution < -0.4 is 9.47 Å². The summed E-state index contributed by atoms with van der Waals surface area (Å²) in [6, 6.07) is 14.1. The first-order valence-corrected chi connectivity index (χ1v) is 10.1. The maximum atomic E-state index is 12.7. The predicted molar refractivity (Wildman–Crippen MR) is 112 cm³/mol. The molecule has 1 unspecified atom stereocenters. The molecule has 1 atom stereocenters. The number of amides is 2. The van der Waals surface area contributed by atoms with Gasteiger partial charge in [-0.05, 0) is 62.4 Å². The molecule has 0 saturated carbocycles. The van der Waals surface area contributed by atoms with Crippen LogP contribution in [-0.4, -0.2) is 60.5 Å². The van der Waals surface area contributed by atoms with Crippen LogP contribution in [0, 0.1) is 0 Å². The first kappa shape index (κ1) is 21.0. The lowest BCUT2D eigenvalue weighted by atomic mass is 10.1. The molecule has 29 heavy (non-hydrogen) atoms. The van der Waals surface area contributed by atoms with Gasteiger partial charge in [0.15, 0.2) is 6.10 Å². The van der Waals surface area contributed by atoms with Gasteiger partial charge < -0.3 is 19.3 Å². The molecule has 0 bridgehead atoms. The zero-order valence-corrected chi connectivity index (χ0v) is 17.4. The smallest absolute Gasteiger partial charge is 0.263 e. The minimum atomic E-state index is -0.607. The molecule has 0 radical (unpaired) electrons. The second kappa shape index (κ2) is 9.65. The third kappa shape index (κ3) is 5.41. The fourth-order valence-electron chi connectivity index (χ4n) is 3.20. The van der Waals surface area contributed by atoms with Crippen molar-refractivity contribution < 1.29 is 19.1 Å². The van der Waals surface area contributed by atoms with Crippen molar-refractivity contribution in [2.75, 3.05) is 32.8 Å². The van der Waals surface area contributed by atoms with E-state index in [1.54, 1.807) is 65.3 Å². The second-order valence-corrected chi connectivity index (χ2v) is 7.23. The van der Waals surface area contributed by atoms with Crippen LogP contribution in [0.1, 0.15) is 24.2 Å². The van der Waals surface area contributed by atoms with Gasteiger partial charge in [-0.1, -0.05) is 11.6 Å². The third-order valence-electron chi connectivity index (χ3n) is 4.77. The topological polar surface area (TPSA) is 59.1 Å². The summed E-state index contributed by atoms with van der Waals surface area (Å²) in [7, 11) is 0. The van der Waals surface area contributed by atoms with Crippen LogP contribution in [0.2, 0.25) is 5.02 Å². The molecule has 0 aliphatic carbocycles. The van der Waals surface area contributed by atoms with E-state index in [-0.39, 0.29) is 11.8 Å². The number of carbonyl (C=O) groups is 2. The van der Waals surface area contributed by atoms with Crippen molar-refractivity contribution in [3.8, 4) is 11.5 Å². The van der Waals surface area contributed by atoms with Gasteiger partial charge in [-0.3, -0.25) is 9.59 Å². The number of nitrogens with zero attached hydrogens (tertiary/aromatic N) is 2. The summed E-state index contributed by atoms with van der Waals surface area (Å²) >= 11 is 5.87. The Morgan fingerprint density at radius 1 is 0.931 bits per heavy atom. The molecule has 7 heteroatoms. The van der Waals surface area contributed by atoms with E-state index in [2.05, 4.69) is 0 Å². The number of hydrogen-bond donors (Lipinski definition) is 0. The number of rotatable bonds is 6. The molecule has 1 fully saturated rings. The van der Waals surface area contributed by atoms with Gasteiger partial charge in [0.1, 0.15) is 11.5 Å². The fourth-order valence-corrected chi connectivity index (χ4v) is 3.32. The Morgan fingerprint density at radius 3 is 2.07 bits per heavy atom. The number of halogens is 1. The molecular weight excluding hydrogens is 392 g/mol. The highest BCUT2D eigenvalue weighted by atomic mass is 35.5. The summed E-state index contributed by atoms with van der Waals surface area (Å²) < 4.78 is 11.1. The van der Waals surface area contributed by atoms with Crippen LogP contribution in [0.15, 0.2) is 48.5 Å². The minimum Gasteiger partial charge on any atom is -0.494 e. The first-order valence-electron chi connectivity index (χ1n) is 9.71. The molecule has 1 aliphatic rings. The highest BCUT2D eigenvalue weighted by molar-refractivity contribution is 6.30. The van der Waals surface area contributed by atoms with Gasteiger partial charge in [0.2, 0.25) is 0 Å². The zero-order valence-electron chi connectivity index (χ0n) is 16.6. The molecule has 6 nitrogen and oxygen atoms in total. The van der Waals surface area contributed by atoms with Crippen LogP contribution in [0.3, 0.4) is 0 Å². The number of piperazine rings is 1. The van der Waals surface area contributed by atoms with E-state index in [9.17, 15) is 9.59 Å². The molecule has 2 aromatic rings. The average molecular weight is 417 g/mol. The van der Waals surface area contributed by atoms with E-state index in [4.69, 9.17) is 21.1 Å². The minimum absolute atomic E-state index is 0.0365. The molecule has 0 N–H and O–H groups in total. The largest absolute Gasteiger partial charge is 0.494 e. The van der Waals surface area contributed by atoms with E-state index in [0.29, 0.717) is 49.1 Å². The monoisotopic (exact) mass is 416 g/mol. The maximum absolute atomic E-state index is 12.7. The summed E-state index contributed by atoms with van der Waals surface area (Å²) in [6.45, 7) is 6.18. The fraction of sp³-hybridized carbons (Fsp3) is 0.364. The molecule has 1 heterocycles. The molecule has 2 aromatic carbocycles. The van der Waals surface area contributed by atoms with E-state index in [0.717, 1.165) is 5.75 Å². The Bertz CT molecular complexity index is 831. The molecule has 2 amide bonds. The SMILES string of the molecule is CCOc1ccc(C(=O)N2CCN(C(=O)C(C)Oc3ccc(Cl)cc3)CC2)cc1. The summed E-state index contributed by atoms with van der Waals surface area (Å²) in [5.74, 6) is 1.22. The predicted octanol–water partition coefficient (Wildman–Crippen LogP) is 3.49. The number of benzene rings is 2. The standard InChI is InChI=1S/C22H25ClN2O4/c1-3-28-19-8-4-17(5-9-19)22(27)25-14-12-24(13-15-25)21(26)16(2)29-20-10-6-18(23)7-11-20/h4-11,16H,3,12-15H2,1-2H3. The van der Waals surface area contributed by atoms with Crippen LogP contribution >= 0.6 is 11.6 Å². The molecule has 154 valence electrons. The molecule has 1 saturated heterocycles. The third-order valence-corrected chi connectivity index (χ3v) is 5.02. The van der Waals surface area contributed by atoms with Crippen molar-refractivity contribution in [3.63, 3.8) is 0 Å². The van der Waals surface area contributed by atoms with E-state index in [1.165, 1.54) is 0 Å². The summed E-state index contributed by atoms with van der Waals surface area (Å²) in [4.78, 5) is 28.9. The van der Waals surface area contributed by atoms with Crippen molar-refractivity contribution in [1.29, 1.82) is 0 Å². The normalized spacial score (nSPS) is 15.0. The van der Waals surface area contributed by atoms with Gasteiger partial charge in [0, 0.05) is 36.8 Å². The Hall–Kier alpha value is -2.73. The molecule has 1 aliphatic heterocycles. The Morgan fingerprint density at radius 2 is 1.48 bits per heavy atom. The van der Waals surface area contributed by atoms with Crippen molar-refractivity contribution in [2.24, 2.45) is 0 Å². The quantitative estimate of drug-likeness (QED) is 0.723. The maximum Gasteiger partial charge on any atom is 0.263 e. The van der Waals surface area contributed by atoms with Gasteiger partial charge in [-0.15, -0.1) is 0 Å². The highest BCUT2D eigenvalue weighted by Gasteiger charge is 2.28. The number of carbonyl (C=O) groups excluding carboxylic acids is 2. The molecular formula is C22H25ClN2O4. The summed E-state index contributed by atoms with van der Waals surface area (Å²) in [6.07, 6.45) is -0.607. The van der Waals surface area contributed by atoms with Crippen molar-refractivity contribution >= 4 is 23.4 Å². The average Bonchev–Trinajstić information content (AvgIpc) is 2.75. The second-order valence-electron chi connectivity index (χ2n) is 6.79. The Kier molecular flexibility index (Phi) is 6.99. The van der Waals surface area contributed by atoms with Gasteiger partial charge in [-0.2, -0.15) is 0 Å². The van der Waals surface area contributed by atoms with Gasteiger partial charge in [0.05, 0.1) is 6.61 Å². The Labute approximate surface area is 176 Å². The van der Waals surface area contributed by atoms with E-state index < -0.39 is 6.10 Å². The molecule has 3 rings (SSSR count). The van der Waals surface area contributed by atoms with Crippen LogP contribution in [-0.2, 0) is 4.79 Å². The molecule has 0 spiro atoms. The zero-order chi connectivity index (χ0) is 20.8. The number of hydrogen-bond acceptors (Lipinski definition) is 4. The van der Waals surface area contributed by atoms with Gasteiger partial charge >= 0.3 is 0 Å². The van der Waals surface area contributed by atoms with Crippen molar-refractivity contribution in [3.05, 3.63) is 59.1 Å². The van der Waals surface area contributed by atoms with Crippen LogP contribution in [0.25, 0.3) is 0 Å². The number of ether oxygens (including phenoxy) is 2. The van der Waals surface area contributed by atoms with Crippen molar-refractivity contribution in [2.45, 2.75) is 20.0 Å².